The van der Waals surface area contributed by atoms with Crippen molar-refractivity contribution in [1.82, 2.24) is 14.1 Å². The second-order valence-electron chi connectivity index (χ2n) is 10.6. The fraction of sp³-hybridized carbons (Fsp3) is 0.536. The number of nitrogens with zero attached hydrogens (tertiary/aromatic N) is 3. The van der Waals surface area contributed by atoms with E-state index in [9.17, 15) is 13.2 Å². The molecule has 0 saturated carbocycles. The molecule has 5 rings (SSSR count). The molecule has 0 unspecified atom stereocenters. The van der Waals surface area contributed by atoms with Gasteiger partial charge in [0.15, 0.2) is 11.5 Å². The van der Waals surface area contributed by atoms with Crippen LogP contribution in [0.25, 0.3) is 0 Å². The number of benzene rings is 2. The van der Waals surface area contributed by atoms with E-state index in [0.717, 1.165) is 42.3 Å². The molecule has 2 fully saturated rings. The first-order valence-corrected chi connectivity index (χ1v) is 14.8. The van der Waals surface area contributed by atoms with Crippen LogP contribution < -0.4 is 14.2 Å². The van der Waals surface area contributed by atoms with Gasteiger partial charge >= 0.3 is 0 Å². The molecule has 2 aromatic carbocycles. The standard InChI is InChI=1S/C28H37N3O6S/c1-20(2)22-7-9-25(35-3)27(16-22)38(33,34)31-10-4-5-23(18-31)28(32)30-13-11-29(12-14-30)17-21-6-8-24-26(15-21)37-19-36-24/h6-9,15-16,20,23H,4-5,10-14,17-19H2,1-3H3/t23-/m0/s1. The number of carbonyl (C=O) groups excluding carboxylic acids is 1. The van der Waals surface area contributed by atoms with Crippen LogP contribution in [0.1, 0.15) is 43.7 Å². The molecule has 1 amide bonds. The summed E-state index contributed by atoms with van der Waals surface area (Å²) >= 11 is 0. The normalized spacial score (nSPS) is 20.6. The highest BCUT2D eigenvalue weighted by molar-refractivity contribution is 7.89. The van der Waals surface area contributed by atoms with Crippen LogP contribution in [0.3, 0.4) is 0 Å². The van der Waals surface area contributed by atoms with E-state index < -0.39 is 10.0 Å². The van der Waals surface area contributed by atoms with Crippen LogP contribution in [0.2, 0.25) is 0 Å². The van der Waals surface area contributed by atoms with Gasteiger partial charge in [0.2, 0.25) is 22.7 Å². The zero-order valence-corrected chi connectivity index (χ0v) is 23.2. The summed E-state index contributed by atoms with van der Waals surface area (Å²) in [6, 6.07) is 11.3. The minimum atomic E-state index is -3.80. The van der Waals surface area contributed by atoms with Crippen LogP contribution in [0.5, 0.6) is 17.2 Å². The van der Waals surface area contributed by atoms with E-state index in [2.05, 4.69) is 4.90 Å². The molecule has 3 aliphatic heterocycles. The summed E-state index contributed by atoms with van der Waals surface area (Å²) in [5.41, 5.74) is 2.09. The molecular weight excluding hydrogens is 506 g/mol. The van der Waals surface area contributed by atoms with Crippen molar-refractivity contribution >= 4 is 15.9 Å². The van der Waals surface area contributed by atoms with Crippen molar-refractivity contribution in [3.05, 3.63) is 47.5 Å². The quantitative estimate of drug-likeness (QED) is 0.530. The molecule has 2 saturated heterocycles. The average molecular weight is 544 g/mol. The third-order valence-electron chi connectivity index (χ3n) is 7.73. The van der Waals surface area contributed by atoms with Gasteiger partial charge in [-0.25, -0.2) is 8.42 Å². The fourth-order valence-corrected chi connectivity index (χ4v) is 7.15. The Morgan fingerprint density at radius 2 is 1.79 bits per heavy atom. The smallest absolute Gasteiger partial charge is 0.246 e. The maximum absolute atomic E-state index is 13.7. The SMILES string of the molecule is COc1ccc(C(C)C)cc1S(=O)(=O)N1CCC[C@H](C(=O)N2CCN(Cc3ccc4c(c3)OCO4)CC2)C1. The van der Waals surface area contributed by atoms with Crippen molar-refractivity contribution in [2.45, 2.75) is 44.0 Å². The minimum absolute atomic E-state index is 0.0514. The summed E-state index contributed by atoms with van der Waals surface area (Å²) in [6.07, 6.45) is 1.36. The van der Waals surface area contributed by atoms with Crippen LogP contribution in [-0.4, -0.2) is 81.6 Å². The van der Waals surface area contributed by atoms with Crippen LogP contribution in [0, 0.1) is 5.92 Å². The number of rotatable bonds is 7. The molecule has 3 heterocycles. The lowest BCUT2D eigenvalue weighted by atomic mass is 9.97. The first-order valence-electron chi connectivity index (χ1n) is 13.3. The minimum Gasteiger partial charge on any atom is -0.495 e. The lowest BCUT2D eigenvalue weighted by Crippen LogP contribution is -2.52. The fourth-order valence-electron chi connectivity index (χ4n) is 5.44. The number of piperazine rings is 1. The Morgan fingerprint density at radius 1 is 1.03 bits per heavy atom. The highest BCUT2D eigenvalue weighted by atomic mass is 32.2. The van der Waals surface area contributed by atoms with Gasteiger partial charge in [-0.05, 0) is 54.2 Å². The van der Waals surface area contributed by atoms with Gasteiger partial charge in [0.1, 0.15) is 10.6 Å². The van der Waals surface area contributed by atoms with E-state index in [0.29, 0.717) is 38.2 Å². The first-order chi connectivity index (χ1) is 18.3. The number of fused-ring (bicyclic) bond motifs is 1. The Labute approximate surface area is 225 Å². The maximum Gasteiger partial charge on any atom is 0.246 e. The first kappa shape index (κ1) is 26.8. The second-order valence-corrected chi connectivity index (χ2v) is 12.5. The van der Waals surface area contributed by atoms with Gasteiger partial charge in [0, 0.05) is 45.8 Å². The number of sulfonamides is 1. The molecule has 0 spiro atoms. The van der Waals surface area contributed by atoms with Crippen molar-refractivity contribution in [3.8, 4) is 17.2 Å². The monoisotopic (exact) mass is 543 g/mol. The third kappa shape index (κ3) is 5.48. The number of methoxy groups -OCH3 is 1. The van der Waals surface area contributed by atoms with Crippen LogP contribution in [0.4, 0.5) is 0 Å². The summed E-state index contributed by atoms with van der Waals surface area (Å²) in [5.74, 6) is 1.80. The third-order valence-corrected chi connectivity index (χ3v) is 9.62. The Morgan fingerprint density at radius 3 is 2.53 bits per heavy atom. The Hall–Kier alpha value is -2.82. The maximum atomic E-state index is 13.7. The van der Waals surface area contributed by atoms with Gasteiger partial charge in [-0.3, -0.25) is 9.69 Å². The number of amides is 1. The zero-order chi connectivity index (χ0) is 26.9. The highest BCUT2D eigenvalue weighted by Crippen LogP contribution is 2.34. The van der Waals surface area contributed by atoms with Crippen molar-refractivity contribution in [2.24, 2.45) is 5.92 Å². The predicted octanol–water partition coefficient (Wildman–Crippen LogP) is 3.29. The molecule has 0 radical (unpaired) electrons. The van der Waals surface area contributed by atoms with Crippen molar-refractivity contribution in [1.29, 1.82) is 0 Å². The summed E-state index contributed by atoms with van der Waals surface area (Å²) in [4.78, 5) is 17.9. The molecule has 0 N–H and O–H groups in total. The van der Waals surface area contributed by atoms with E-state index in [4.69, 9.17) is 14.2 Å². The lowest BCUT2D eigenvalue weighted by molar-refractivity contribution is -0.138. The Bertz CT molecular complexity index is 1270. The molecule has 38 heavy (non-hydrogen) atoms. The number of carbonyl (C=O) groups is 1. The topological polar surface area (TPSA) is 88.6 Å². The van der Waals surface area contributed by atoms with Gasteiger partial charge < -0.3 is 19.1 Å². The number of piperidine rings is 1. The van der Waals surface area contributed by atoms with E-state index in [1.807, 2.05) is 43.0 Å². The second kappa shape index (κ2) is 11.1. The van der Waals surface area contributed by atoms with Crippen LogP contribution in [0.15, 0.2) is 41.3 Å². The molecular formula is C28H37N3O6S. The summed E-state index contributed by atoms with van der Waals surface area (Å²) in [7, 11) is -2.31. The van der Waals surface area contributed by atoms with E-state index in [-0.39, 0.29) is 36.0 Å². The molecule has 9 nitrogen and oxygen atoms in total. The molecule has 0 bridgehead atoms. The number of ether oxygens (including phenoxy) is 3. The molecule has 2 aromatic rings. The Kier molecular flexibility index (Phi) is 7.83. The molecule has 206 valence electrons. The van der Waals surface area contributed by atoms with Crippen molar-refractivity contribution < 1.29 is 27.4 Å². The van der Waals surface area contributed by atoms with E-state index >= 15 is 0 Å². The number of hydrogen-bond acceptors (Lipinski definition) is 7. The highest BCUT2D eigenvalue weighted by Gasteiger charge is 2.37. The van der Waals surface area contributed by atoms with Crippen molar-refractivity contribution in [2.75, 3.05) is 53.2 Å². The van der Waals surface area contributed by atoms with Crippen molar-refractivity contribution in [3.63, 3.8) is 0 Å². The molecule has 0 aliphatic carbocycles. The molecule has 1 atom stereocenters. The summed E-state index contributed by atoms with van der Waals surface area (Å²) in [6.45, 7) is 8.53. The van der Waals surface area contributed by atoms with Crippen LogP contribution >= 0.6 is 0 Å². The molecule has 0 aromatic heterocycles. The Balaban J connectivity index is 1.20. The average Bonchev–Trinajstić information content (AvgIpc) is 3.41. The zero-order valence-electron chi connectivity index (χ0n) is 22.4. The lowest BCUT2D eigenvalue weighted by Gasteiger charge is -2.38. The van der Waals surface area contributed by atoms with Crippen LogP contribution in [-0.2, 0) is 21.4 Å². The van der Waals surface area contributed by atoms with Gasteiger partial charge in [-0.2, -0.15) is 4.31 Å². The van der Waals surface area contributed by atoms with E-state index in [1.54, 1.807) is 12.1 Å². The van der Waals surface area contributed by atoms with Gasteiger partial charge in [0.05, 0.1) is 13.0 Å². The predicted molar refractivity (Wildman–Crippen MR) is 143 cm³/mol. The largest absolute Gasteiger partial charge is 0.495 e. The summed E-state index contributed by atoms with van der Waals surface area (Å²) in [5, 5.41) is 0. The molecule has 10 heteroatoms. The van der Waals surface area contributed by atoms with Gasteiger partial charge in [-0.1, -0.05) is 26.0 Å². The summed E-state index contributed by atoms with van der Waals surface area (Å²) < 4.78 is 45.1. The number of hydrogen-bond donors (Lipinski definition) is 0. The molecule has 3 aliphatic rings. The van der Waals surface area contributed by atoms with E-state index in [1.165, 1.54) is 11.4 Å². The van der Waals surface area contributed by atoms with Gasteiger partial charge in [0.25, 0.3) is 0 Å². The van der Waals surface area contributed by atoms with Gasteiger partial charge in [-0.15, -0.1) is 0 Å².